The number of aromatic nitrogens is 1. The molecule has 5 aromatic rings. The predicted molar refractivity (Wildman–Crippen MR) is 187 cm³/mol. The normalized spacial score (nSPS) is 18.5. The molecule has 2 aliphatic rings. The zero-order valence-corrected chi connectivity index (χ0v) is 28.3. The minimum Gasteiger partial charge on any atom is -0.462 e. The van der Waals surface area contributed by atoms with Gasteiger partial charge in [0.2, 0.25) is 17.7 Å². The van der Waals surface area contributed by atoms with E-state index in [1.807, 2.05) is 36.4 Å². The molecular formula is C35H25Cl2N3O6S2. The first kappa shape index (κ1) is 32.1. The molecule has 3 atom stereocenters. The fourth-order valence-corrected chi connectivity index (χ4v) is 9.37. The van der Waals surface area contributed by atoms with Gasteiger partial charge < -0.3 is 10.1 Å². The minimum atomic E-state index is -0.932. The lowest BCUT2D eigenvalue weighted by Gasteiger charge is -2.31. The number of thiazole rings is 1. The third-order valence-corrected chi connectivity index (χ3v) is 11.8. The number of amides is 3. The predicted octanol–water partition coefficient (Wildman–Crippen LogP) is 6.98. The average molecular weight is 719 g/mol. The van der Waals surface area contributed by atoms with E-state index in [1.54, 1.807) is 31.2 Å². The number of thioether (sulfide) groups is 1. The molecular weight excluding hydrogens is 693 g/mol. The molecule has 0 bridgehead atoms. The molecule has 0 saturated carbocycles. The molecule has 3 heterocycles. The van der Waals surface area contributed by atoms with Gasteiger partial charge in [0.25, 0.3) is 0 Å². The fraction of sp³-hybridized carbons (Fsp3) is 0.171. The number of esters is 1. The number of benzene rings is 4. The van der Waals surface area contributed by atoms with Crippen molar-refractivity contribution in [3.05, 3.63) is 121 Å². The molecule has 3 amide bonds. The van der Waals surface area contributed by atoms with Crippen molar-refractivity contribution in [1.29, 1.82) is 0 Å². The van der Waals surface area contributed by atoms with Crippen molar-refractivity contribution in [2.24, 2.45) is 5.92 Å². The molecule has 48 heavy (non-hydrogen) atoms. The summed E-state index contributed by atoms with van der Waals surface area (Å²) in [6.07, 6.45) is 0. The van der Waals surface area contributed by atoms with Crippen LogP contribution in [0.3, 0.4) is 0 Å². The number of halogens is 2. The maximum absolute atomic E-state index is 14.2. The number of carbonyl (C=O) groups is 4. The number of imide groups is 1. The van der Waals surface area contributed by atoms with Crippen LogP contribution in [0.1, 0.15) is 33.6 Å². The van der Waals surface area contributed by atoms with Gasteiger partial charge in [0, 0.05) is 16.5 Å². The molecule has 7 rings (SSSR count). The van der Waals surface area contributed by atoms with Crippen LogP contribution in [0.15, 0.2) is 94.7 Å². The maximum Gasteiger partial charge on any atom is 0.338 e. The van der Waals surface area contributed by atoms with E-state index in [4.69, 9.17) is 27.9 Å². The number of rotatable bonds is 7. The fourth-order valence-electron chi connectivity index (χ4n) is 6.18. The summed E-state index contributed by atoms with van der Waals surface area (Å²) in [6.45, 7) is 1.60. The molecule has 1 fully saturated rings. The Kier molecular flexibility index (Phi) is 8.63. The smallest absolute Gasteiger partial charge is 0.338 e. The average Bonchev–Trinajstić information content (AvgIpc) is 3.52. The zero-order chi connectivity index (χ0) is 33.7. The van der Waals surface area contributed by atoms with E-state index in [0.29, 0.717) is 26.8 Å². The van der Waals surface area contributed by atoms with Crippen LogP contribution in [0.5, 0.6) is 0 Å². The second-order valence-corrected chi connectivity index (χ2v) is 14.1. The Morgan fingerprint density at radius 2 is 1.65 bits per heavy atom. The third kappa shape index (κ3) is 5.60. The largest absolute Gasteiger partial charge is 0.462 e. The van der Waals surface area contributed by atoms with Crippen LogP contribution in [0, 0.1) is 5.92 Å². The second-order valence-electron chi connectivity index (χ2n) is 11.2. The van der Waals surface area contributed by atoms with Crippen molar-refractivity contribution in [2.75, 3.05) is 16.8 Å². The van der Waals surface area contributed by atoms with Crippen LogP contribution in [-0.4, -0.2) is 40.1 Å². The summed E-state index contributed by atoms with van der Waals surface area (Å²) in [5, 5.41) is 4.80. The number of carbonyl (C=O) groups excluding carboxylic acids is 4. The first-order valence-electron chi connectivity index (χ1n) is 14.9. The lowest BCUT2D eigenvalue weighted by atomic mass is 9.83. The molecule has 0 aliphatic carbocycles. The molecule has 1 saturated heterocycles. The summed E-state index contributed by atoms with van der Waals surface area (Å²) in [7, 11) is 0. The summed E-state index contributed by atoms with van der Waals surface area (Å²) in [4.78, 5) is 68.5. The number of hydrogen-bond donors (Lipinski definition) is 1. The summed E-state index contributed by atoms with van der Waals surface area (Å²) in [5.74, 6) is -3.62. The van der Waals surface area contributed by atoms with Crippen LogP contribution >= 0.6 is 46.3 Å². The first-order chi connectivity index (χ1) is 23.2. The Bertz CT molecular complexity index is 2200. The summed E-state index contributed by atoms with van der Waals surface area (Å²) in [5.41, 5.74) is 1.64. The molecule has 4 aromatic carbocycles. The molecule has 1 N–H and O–H groups in total. The van der Waals surface area contributed by atoms with Crippen LogP contribution in [0.25, 0.3) is 10.8 Å². The SMILES string of the molecule is CCOC(=O)c1ccc(N2C(=O)C3Sc4c(sc(=O)n4CC(=O)Nc4ccc5ccccc5c4)[C@H](c4cccc(Cl)c4Cl)C3C2=O)cc1. The Hall–Kier alpha value is -4.42. The Balaban J connectivity index is 1.25. The quantitative estimate of drug-likeness (QED) is 0.143. The number of nitrogens with one attached hydrogen (secondary N) is 1. The maximum atomic E-state index is 14.2. The number of anilines is 2. The van der Waals surface area contributed by atoms with Gasteiger partial charge >= 0.3 is 10.8 Å². The van der Waals surface area contributed by atoms with E-state index in [2.05, 4.69) is 5.32 Å². The standard InChI is InChI=1S/C35H25Cl2N3O6S2/c1-2-46-34(44)19-11-14-22(15-12-19)40-31(42)27-26(23-8-5-9-24(36)28(23)37)30-33(47-29(27)32(40)43)39(35(45)48-30)17-25(41)38-21-13-10-18-6-3-4-7-20(18)16-21/h3-16,26-27,29H,2,17H2,1H3,(H,38,41)/t26-,27?,29?/m1/s1. The molecule has 0 spiro atoms. The molecule has 13 heteroatoms. The van der Waals surface area contributed by atoms with Crippen LogP contribution in [0.4, 0.5) is 11.4 Å². The zero-order valence-electron chi connectivity index (χ0n) is 25.1. The number of ether oxygens (including phenoxy) is 1. The van der Waals surface area contributed by atoms with E-state index in [-0.39, 0.29) is 28.8 Å². The Labute approximate surface area is 292 Å². The molecule has 0 radical (unpaired) electrons. The topological polar surface area (TPSA) is 115 Å². The van der Waals surface area contributed by atoms with Gasteiger partial charge in [0.1, 0.15) is 11.8 Å². The summed E-state index contributed by atoms with van der Waals surface area (Å²) >= 11 is 15.1. The third-order valence-electron chi connectivity index (χ3n) is 8.34. The van der Waals surface area contributed by atoms with Gasteiger partial charge in [-0.1, -0.05) is 88.8 Å². The van der Waals surface area contributed by atoms with E-state index < -0.39 is 45.6 Å². The van der Waals surface area contributed by atoms with Gasteiger partial charge in [-0.15, -0.1) is 0 Å². The number of nitrogens with zero attached hydrogens (tertiary/aromatic N) is 2. The van der Waals surface area contributed by atoms with Crippen LogP contribution in [0.2, 0.25) is 10.0 Å². The van der Waals surface area contributed by atoms with Crippen molar-refractivity contribution in [3.8, 4) is 0 Å². The summed E-state index contributed by atoms with van der Waals surface area (Å²) < 4.78 is 6.40. The van der Waals surface area contributed by atoms with Crippen molar-refractivity contribution >= 4 is 92.1 Å². The van der Waals surface area contributed by atoms with E-state index >= 15 is 0 Å². The van der Waals surface area contributed by atoms with Gasteiger partial charge in [0.05, 0.1) is 38.8 Å². The van der Waals surface area contributed by atoms with E-state index in [1.165, 1.54) is 28.8 Å². The lowest BCUT2D eigenvalue weighted by Crippen LogP contribution is -2.33. The van der Waals surface area contributed by atoms with Gasteiger partial charge in [-0.05, 0) is 65.7 Å². The molecule has 242 valence electrons. The van der Waals surface area contributed by atoms with E-state index in [0.717, 1.165) is 38.8 Å². The van der Waals surface area contributed by atoms with Crippen molar-refractivity contribution < 1.29 is 23.9 Å². The first-order valence-corrected chi connectivity index (χ1v) is 17.4. The van der Waals surface area contributed by atoms with E-state index in [9.17, 15) is 24.0 Å². The molecule has 2 unspecified atom stereocenters. The Morgan fingerprint density at radius 3 is 2.40 bits per heavy atom. The monoisotopic (exact) mass is 717 g/mol. The molecule has 1 aromatic heterocycles. The highest BCUT2D eigenvalue weighted by Crippen LogP contribution is 2.55. The summed E-state index contributed by atoms with van der Waals surface area (Å²) in [6, 6.07) is 24.4. The highest BCUT2D eigenvalue weighted by Gasteiger charge is 2.57. The van der Waals surface area contributed by atoms with Gasteiger partial charge in [0.15, 0.2) is 0 Å². The Morgan fingerprint density at radius 1 is 0.896 bits per heavy atom. The van der Waals surface area contributed by atoms with Gasteiger partial charge in [-0.3, -0.25) is 23.7 Å². The number of fused-ring (bicyclic) bond motifs is 3. The molecule has 2 aliphatic heterocycles. The second kappa shape index (κ2) is 12.9. The van der Waals surface area contributed by atoms with Crippen molar-refractivity contribution in [3.63, 3.8) is 0 Å². The van der Waals surface area contributed by atoms with Crippen molar-refractivity contribution in [1.82, 2.24) is 4.57 Å². The highest BCUT2D eigenvalue weighted by atomic mass is 35.5. The number of hydrogen-bond acceptors (Lipinski definition) is 8. The van der Waals surface area contributed by atoms with Crippen LogP contribution in [-0.2, 0) is 25.7 Å². The van der Waals surface area contributed by atoms with Crippen molar-refractivity contribution in [2.45, 2.75) is 29.7 Å². The highest BCUT2D eigenvalue weighted by molar-refractivity contribution is 8.00. The minimum absolute atomic E-state index is 0.206. The van der Waals surface area contributed by atoms with Crippen LogP contribution < -0.4 is 15.1 Å². The van der Waals surface area contributed by atoms with Gasteiger partial charge in [-0.25, -0.2) is 9.69 Å². The van der Waals surface area contributed by atoms with Gasteiger partial charge in [-0.2, -0.15) is 0 Å². The lowest BCUT2D eigenvalue weighted by molar-refractivity contribution is -0.122. The molecule has 9 nitrogen and oxygen atoms in total.